The van der Waals surface area contributed by atoms with Crippen molar-refractivity contribution in [2.75, 3.05) is 0 Å². The van der Waals surface area contributed by atoms with Gasteiger partial charge in [0, 0.05) is 42.5 Å². The molecule has 1 aliphatic carbocycles. The van der Waals surface area contributed by atoms with E-state index >= 15 is 0 Å². The van der Waals surface area contributed by atoms with Gasteiger partial charge in [-0.2, -0.15) is 10.4 Å². The molecule has 5 rings (SSSR count). The molecule has 2 atom stereocenters. The summed E-state index contributed by atoms with van der Waals surface area (Å²) >= 11 is 0. The van der Waals surface area contributed by atoms with E-state index in [-0.39, 0.29) is 17.6 Å². The molecule has 0 spiro atoms. The number of aromatic nitrogens is 5. The number of imidazole rings is 1. The lowest BCUT2D eigenvalue weighted by molar-refractivity contribution is -0.118. The maximum Gasteiger partial charge on any atom is 0.141 e. The second-order valence-corrected chi connectivity index (χ2v) is 7.09. The van der Waals surface area contributed by atoms with E-state index in [0.717, 1.165) is 39.7 Å². The first kappa shape index (κ1) is 15.7. The number of H-pyrrole nitrogens is 1. The molecule has 1 aromatic carbocycles. The molecule has 27 heavy (non-hydrogen) atoms. The molecule has 0 saturated heterocycles. The Kier molecular flexibility index (Phi) is 3.34. The molecule has 1 saturated carbocycles. The predicted octanol–water partition coefficient (Wildman–Crippen LogP) is 2.95. The van der Waals surface area contributed by atoms with Gasteiger partial charge in [-0.1, -0.05) is 0 Å². The highest BCUT2D eigenvalue weighted by atomic mass is 16.1. The summed E-state index contributed by atoms with van der Waals surface area (Å²) in [6, 6.07) is 7.56. The minimum absolute atomic E-state index is 0.0457. The lowest BCUT2D eigenvalue weighted by atomic mass is 9.99. The van der Waals surface area contributed by atoms with E-state index in [1.165, 1.54) is 0 Å². The van der Waals surface area contributed by atoms with E-state index in [1.807, 2.05) is 25.4 Å². The molecule has 1 unspecified atom stereocenters. The Bertz CT molecular complexity index is 1240. The van der Waals surface area contributed by atoms with Gasteiger partial charge in [0.25, 0.3) is 0 Å². The number of fused-ring (bicyclic) bond motifs is 3. The lowest BCUT2D eigenvalue weighted by Crippen LogP contribution is -2.02. The standard InChI is InChI=1S/C20H16N6O/c1-26-10-13(8-23-26)14-5-12(6-18(14)27)20-24-17-9-22-16-3-2-11(7-21)4-15(16)19(17)25-20/h2-4,8-10,12,14H,5-6H2,1H3,(H,24,25)/t12-,14?/m0/s1. The first-order valence-corrected chi connectivity index (χ1v) is 8.82. The summed E-state index contributed by atoms with van der Waals surface area (Å²) in [5.41, 5.74) is 3.96. The number of Topliss-reactive ketones (excluding diaryl/α,β-unsaturated/α-hetero) is 1. The third-order valence-electron chi connectivity index (χ3n) is 5.33. The van der Waals surface area contributed by atoms with E-state index < -0.39 is 0 Å². The van der Waals surface area contributed by atoms with Crippen LogP contribution in [0.5, 0.6) is 0 Å². The summed E-state index contributed by atoms with van der Waals surface area (Å²) in [6.07, 6.45) is 6.62. The molecule has 1 aliphatic rings. The molecule has 3 heterocycles. The summed E-state index contributed by atoms with van der Waals surface area (Å²) < 4.78 is 1.72. The molecule has 0 bridgehead atoms. The van der Waals surface area contributed by atoms with Gasteiger partial charge in [-0.15, -0.1) is 0 Å². The lowest BCUT2D eigenvalue weighted by Gasteiger charge is -2.06. The molecule has 3 aromatic heterocycles. The van der Waals surface area contributed by atoms with Gasteiger partial charge in [-0.3, -0.25) is 14.5 Å². The number of nitrogens with one attached hydrogen (secondary N) is 1. The third kappa shape index (κ3) is 2.49. The summed E-state index contributed by atoms with van der Waals surface area (Å²) in [4.78, 5) is 25.1. The van der Waals surface area contributed by atoms with Crippen LogP contribution in [0.4, 0.5) is 0 Å². The molecule has 132 valence electrons. The fraction of sp³-hybridized carbons (Fsp3) is 0.250. The summed E-state index contributed by atoms with van der Waals surface area (Å²) in [6.45, 7) is 0. The monoisotopic (exact) mass is 356 g/mol. The second-order valence-electron chi connectivity index (χ2n) is 7.09. The van der Waals surface area contributed by atoms with Gasteiger partial charge >= 0.3 is 0 Å². The number of aryl methyl sites for hydroxylation is 1. The smallest absolute Gasteiger partial charge is 0.141 e. The van der Waals surface area contributed by atoms with Crippen molar-refractivity contribution in [2.45, 2.75) is 24.7 Å². The minimum atomic E-state index is -0.128. The molecular formula is C20H16N6O. The zero-order valence-electron chi connectivity index (χ0n) is 14.7. The number of hydrogen-bond donors (Lipinski definition) is 1. The first-order chi connectivity index (χ1) is 13.1. The average Bonchev–Trinajstić information content (AvgIpc) is 3.38. The van der Waals surface area contributed by atoms with Gasteiger partial charge in [0.1, 0.15) is 11.6 Å². The van der Waals surface area contributed by atoms with Crippen LogP contribution in [0.1, 0.15) is 41.6 Å². The number of nitrogens with zero attached hydrogens (tertiary/aromatic N) is 5. The van der Waals surface area contributed by atoms with Crippen LogP contribution in [0, 0.1) is 11.3 Å². The quantitative estimate of drug-likeness (QED) is 0.595. The number of aromatic amines is 1. The van der Waals surface area contributed by atoms with Crippen LogP contribution >= 0.6 is 0 Å². The Morgan fingerprint density at radius 3 is 3.00 bits per heavy atom. The predicted molar refractivity (Wildman–Crippen MR) is 99.0 cm³/mol. The molecule has 4 aromatic rings. The van der Waals surface area contributed by atoms with Crippen LogP contribution in [0.15, 0.2) is 36.8 Å². The van der Waals surface area contributed by atoms with Gasteiger partial charge in [0.05, 0.1) is 40.6 Å². The van der Waals surface area contributed by atoms with Crippen molar-refractivity contribution in [3.05, 3.63) is 53.7 Å². The topological polar surface area (TPSA) is 100 Å². The molecule has 1 N–H and O–H groups in total. The zero-order valence-corrected chi connectivity index (χ0v) is 14.7. The van der Waals surface area contributed by atoms with Gasteiger partial charge in [0.2, 0.25) is 0 Å². The van der Waals surface area contributed by atoms with Gasteiger partial charge in [-0.25, -0.2) is 4.98 Å². The fourth-order valence-corrected chi connectivity index (χ4v) is 3.97. The SMILES string of the molecule is Cn1cc(C2C[C@H](c3nc4c(cnc5ccc(C#N)cc54)[nH]3)CC2=O)cn1. The van der Waals surface area contributed by atoms with Crippen LogP contribution in [0.3, 0.4) is 0 Å². The average molecular weight is 356 g/mol. The fourth-order valence-electron chi connectivity index (χ4n) is 3.97. The molecule has 0 amide bonds. The normalized spacial score (nSPS) is 19.8. The van der Waals surface area contributed by atoms with Crippen molar-refractivity contribution in [3.8, 4) is 6.07 Å². The van der Waals surface area contributed by atoms with Crippen LogP contribution in [-0.4, -0.2) is 30.5 Å². The van der Waals surface area contributed by atoms with Gasteiger partial charge < -0.3 is 4.98 Å². The van der Waals surface area contributed by atoms with E-state index in [9.17, 15) is 10.1 Å². The van der Waals surface area contributed by atoms with Gasteiger partial charge in [0.15, 0.2) is 0 Å². The second kappa shape index (κ2) is 5.74. The highest BCUT2D eigenvalue weighted by molar-refractivity contribution is 6.02. The molecule has 1 fully saturated rings. The number of nitriles is 1. The third-order valence-corrected chi connectivity index (χ3v) is 5.33. The van der Waals surface area contributed by atoms with E-state index in [0.29, 0.717) is 12.0 Å². The molecular weight excluding hydrogens is 340 g/mol. The molecule has 7 nitrogen and oxygen atoms in total. The van der Waals surface area contributed by atoms with Crippen LogP contribution < -0.4 is 0 Å². The number of rotatable bonds is 2. The number of ketones is 1. The first-order valence-electron chi connectivity index (χ1n) is 8.82. The Morgan fingerprint density at radius 2 is 2.22 bits per heavy atom. The number of hydrogen-bond acceptors (Lipinski definition) is 5. The van der Waals surface area contributed by atoms with Crippen molar-refractivity contribution in [1.29, 1.82) is 5.26 Å². The number of pyridine rings is 1. The van der Waals surface area contributed by atoms with Crippen molar-refractivity contribution in [1.82, 2.24) is 24.7 Å². The van der Waals surface area contributed by atoms with Gasteiger partial charge in [-0.05, 0) is 24.6 Å². The minimum Gasteiger partial charge on any atom is -0.340 e. The van der Waals surface area contributed by atoms with Crippen LogP contribution in [-0.2, 0) is 11.8 Å². The number of carbonyl (C=O) groups is 1. The van der Waals surface area contributed by atoms with Crippen LogP contribution in [0.2, 0.25) is 0 Å². The summed E-state index contributed by atoms with van der Waals surface area (Å²) in [5, 5.41) is 14.2. The Hall–Kier alpha value is -3.53. The summed E-state index contributed by atoms with van der Waals surface area (Å²) in [5.74, 6) is 0.950. The highest BCUT2D eigenvalue weighted by Gasteiger charge is 2.36. The van der Waals surface area contributed by atoms with Crippen molar-refractivity contribution >= 4 is 27.7 Å². The maximum absolute atomic E-state index is 12.6. The zero-order chi connectivity index (χ0) is 18.5. The molecule has 0 aliphatic heterocycles. The van der Waals surface area contributed by atoms with Crippen molar-refractivity contribution < 1.29 is 4.79 Å². The Balaban J connectivity index is 1.55. The molecule has 7 heteroatoms. The highest BCUT2D eigenvalue weighted by Crippen LogP contribution is 2.41. The summed E-state index contributed by atoms with van der Waals surface area (Å²) in [7, 11) is 1.85. The Labute approximate surface area is 154 Å². The number of benzene rings is 1. The van der Waals surface area contributed by atoms with Crippen LogP contribution in [0.25, 0.3) is 21.9 Å². The van der Waals surface area contributed by atoms with E-state index in [1.54, 1.807) is 23.1 Å². The largest absolute Gasteiger partial charge is 0.340 e. The van der Waals surface area contributed by atoms with E-state index in [2.05, 4.69) is 21.1 Å². The van der Waals surface area contributed by atoms with Crippen molar-refractivity contribution in [2.24, 2.45) is 7.05 Å². The molecule has 0 radical (unpaired) electrons. The number of carbonyl (C=O) groups excluding carboxylic acids is 1. The van der Waals surface area contributed by atoms with Crippen molar-refractivity contribution in [3.63, 3.8) is 0 Å². The maximum atomic E-state index is 12.6. The van der Waals surface area contributed by atoms with E-state index in [4.69, 9.17) is 4.98 Å². The Morgan fingerprint density at radius 1 is 1.33 bits per heavy atom.